The fourth-order valence-electron chi connectivity index (χ4n) is 3.01. The third-order valence-corrected chi connectivity index (χ3v) is 6.41. The second-order valence-corrected chi connectivity index (χ2v) is 8.83. The van der Waals surface area contributed by atoms with Crippen LogP contribution in [0.5, 0.6) is 0 Å². The van der Waals surface area contributed by atoms with Crippen LogP contribution in [0.15, 0.2) is 65.2 Å². The summed E-state index contributed by atoms with van der Waals surface area (Å²) < 4.78 is 37.5. The van der Waals surface area contributed by atoms with Gasteiger partial charge in [-0.05, 0) is 29.3 Å². The minimum atomic E-state index is -3.65. The Morgan fingerprint density at radius 2 is 1.81 bits per heavy atom. The van der Waals surface area contributed by atoms with E-state index in [4.69, 9.17) is 9.47 Å². The van der Waals surface area contributed by atoms with Crippen molar-refractivity contribution in [2.24, 2.45) is 0 Å². The van der Waals surface area contributed by atoms with E-state index < -0.39 is 21.9 Å². The predicted molar refractivity (Wildman–Crippen MR) is 114 cm³/mol. The summed E-state index contributed by atoms with van der Waals surface area (Å²) in [6.45, 7) is 2.47. The van der Waals surface area contributed by atoms with Crippen molar-refractivity contribution in [1.29, 1.82) is 0 Å². The standard InChI is InChI=1S/C22H24N2O6S/c1-17(25)23-21(15-18-6-3-2-4-7-18)22(26)30-16-19-8-5-9-20(14-19)31(27,28)24-10-12-29-13-11-24/h2-9,14-15H,10-13,16H2,1H3,(H,23,25)/b21-15-. The fraction of sp³-hybridized carbons (Fsp3) is 0.273. The molecule has 1 N–H and O–H groups in total. The molecule has 1 amide bonds. The minimum Gasteiger partial charge on any atom is -0.456 e. The Labute approximate surface area is 181 Å². The van der Waals surface area contributed by atoms with Gasteiger partial charge in [-0.15, -0.1) is 0 Å². The summed E-state index contributed by atoms with van der Waals surface area (Å²) in [5.74, 6) is -1.13. The average Bonchev–Trinajstić information content (AvgIpc) is 2.78. The number of morpholine rings is 1. The van der Waals surface area contributed by atoms with Crippen LogP contribution in [0, 0.1) is 0 Å². The molecule has 0 spiro atoms. The minimum absolute atomic E-state index is 0.00390. The lowest BCUT2D eigenvalue weighted by Crippen LogP contribution is -2.40. The van der Waals surface area contributed by atoms with Crippen LogP contribution in [0.4, 0.5) is 0 Å². The summed E-state index contributed by atoms with van der Waals surface area (Å²) in [4.78, 5) is 24.2. The lowest BCUT2D eigenvalue weighted by atomic mass is 10.2. The molecule has 2 aromatic carbocycles. The Kier molecular flexibility index (Phi) is 7.56. The van der Waals surface area contributed by atoms with E-state index in [1.807, 2.05) is 18.2 Å². The van der Waals surface area contributed by atoms with Crippen LogP contribution in [0.25, 0.3) is 6.08 Å². The number of carbonyl (C=O) groups excluding carboxylic acids is 2. The molecular weight excluding hydrogens is 420 g/mol. The van der Waals surface area contributed by atoms with Crippen LogP contribution in [-0.4, -0.2) is 50.9 Å². The average molecular weight is 445 g/mol. The maximum absolute atomic E-state index is 12.8. The number of nitrogens with zero attached hydrogens (tertiary/aromatic N) is 1. The summed E-state index contributed by atoms with van der Waals surface area (Å²) >= 11 is 0. The summed E-state index contributed by atoms with van der Waals surface area (Å²) in [7, 11) is -3.65. The number of ether oxygens (including phenoxy) is 2. The Morgan fingerprint density at radius 3 is 2.48 bits per heavy atom. The number of nitrogens with one attached hydrogen (secondary N) is 1. The fourth-order valence-corrected chi connectivity index (χ4v) is 4.49. The molecule has 0 saturated carbocycles. The van der Waals surface area contributed by atoms with Gasteiger partial charge in [0.25, 0.3) is 0 Å². The maximum atomic E-state index is 12.8. The number of amides is 1. The zero-order valence-electron chi connectivity index (χ0n) is 17.1. The largest absolute Gasteiger partial charge is 0.456 e. The van der Waals surface area contributed by atoms with Gasteiger partial charge < -0.3 is 14.8 Å². The summed E-state index contributed by atoms with van der Waals surface area (Å²) in [6.07, 6.45) is 1.52. The Hall–Kier alpha value is -3.01. The van der Waals surface area contributed by atoms with Crippen molar-refractivity contribution < 1.29 is 27.5 Å². The van der Waals surface area contributed by atoms with Gasteiger partial charge in [0.15, 0.2) is 0 Å². The first-order chi connectivity index (χ1) is 14.9. The molecule has 9 heteroatoms. The molecule has 0 aliphatic carbocycles. The zero-order valence-corrected chi connectivity index (χ0v) is 17.9. The first-order valence-electron chi connectivity index (χ1n) is 9.74. The molecule has 0 radical (unpaired) electrons. The van der Waals surface area contributed by atoms with Crippen LogP contribution in [0.3, 0.4) is 0 Å². The lowest BCUT2D eigenvalue weighted by Gasteiger charge is -2.26. The number of hydrogen-bond acceptors (Lipinski definition) is 6. The van der Waals surface area contributed by atoms with E-state index in [1.165, 1.54) is 29.4 Å². The van der Waals surface area contributed by atoms with Gasteiger partial charge in [0.05, 0.1) is 18.1 Å². The molecule has 1 heterocycles. The molecule has 2 aromatic rings. The van der Waals surface area contributed by atoms with Gasteiger partial charge in [0, 0.05) is 20.0 Å². The van der Waals surface area contributed by atoms with Gasteiger partial charge >= 0.3 is 5.97 Å². The molecule has 1 aliphatic rings. The zero-order chi connectivity index (χ0) is 22.3. The molecule has 3 rings (SSSR count). The van der Waals surface area contributed by atoms with E-state index in [1.54, 1.807) is 24.3 Å². The van der Waals surface area contributed by atoms with E-state index >= 15 is 0 Å². The lowest BCUT2D eigenvalue weighted by molar-refractivity contribution is -0.141. The molecule has 164 valence electrons. The van der Waals surface area contributed by atoms with Crippen molar-refractivity contribution in [3.8, 4) is 0 Å². The highest BCUT2D eigenvalue weighted by atomic mass is 32.2. The third-order valence-electron chi connectivity index (χ3n) is 4.52. The highest BCUT2D eigenvalue weighted by Crippen LogP contribution is 2.19. The van der Waals surface area contributed by atoms with Crippen molar-refractivity contribution in [1.82, 2.24) is 9.62 Å². The van der Waals surface area contributed by atoms with Gasteiger partial charge in [-0.1, -0.05) is 42.5 Å². The van der Waals surface area contributed by atoms with Gasteiger partial charge in [0.2, 0.25) is 15.9 Å². The van der Waals surface area contributed by atoms with Crippen molar-refractivity contribution >= 4 is 28.0 Å². The highest BCUT2D eigenvalue weighted by Gasteiger charge is 2.26. The molecule has 31 heavy (non-hydrogen) atoms. The highest BCUT2D eigenvalue weighted by molar-refractivity contribution is 7.89. The van der Waals surface area contributed by atoms with Crippen LogP contribution in [0.1, 0.15) is 18.1 Å². The van der Waals surface area contributed by atoms with E-state index in [9.17, 15) is 18.0 Å². The molecule has 0 aromatic heterocycles. The number of esters is 1. The van der Waals surface area contributed by atoms with Crippen LogP contribution in [0.2, 0.25) is 0 Å². The van der Waals surface area contributed by atoms with Gasteiger partial charge in [-0.2, -0.15) is 4.31 Å². The van der Waals surface area contributed by atoms with Crippen molar-refractivity contribution in [2.75, 3.05) is 26.3 Å². The summed E-state index contributed by atoms with van der Waals surface area (Å²) in [5, 5.41) is 2.48. The first-order valence-corrected chi connectivity index (χ1v) is 11.2. The third kappa shape index (κ3) is 6.24. The topological polar surface area (TPSA) is 102 Å². The van der Waals surface area contributed by atoms with Gasteiger partial charge in [-0.25, -0.2) is 13.2 Å². The van der Waals surface area contributed by atoms with Crippen molar-refractivity contribution in [2.45, 2.75) is 18.4 Å². The molecule has 0 unspecified atom stereocenters. The van der Waals surface area contributed by atoms with Crippen molar-refractivity contribution in [3.63, 3.8) is 0 Å². The summed E-state index contributed by atoms with van der Waals surface area (Å²) in [6, 6.07) is 15.3. The Morgan fingerprint density at radius 1 is 1.10 bits per heavy atom. The van der Waals surface area contributed by atoms with Crippen molar-refractivity contribution in [3.05, 3.63) is 71.4 Å². The van der Waals surface area contributed by atoms with Gasteiger partial charge in [0.1, 0.15) is 12.3 Å². The number of benzene rings is 2. The van der Waals surface area contributed by atoms with Crippen LogP contribution in [-0.2, 0) is 35.7 Å². The molecule has 0 atom stereocenters. The quantitative estimate of drug-likeness (QED) is 0.517. The molecule has 0 bridgehead atoms. The molecule has 1 saturated heterocycles. The smallest absolute Gasteiger partial charge is 0.355 e. The predicted octanol–water partition coefficient (Wildman–Crippen LogP) is 1.93. The monoisotopic (exact) mass is 444 g/mol. The SMILES string of the molecule is CC(=O)N/C(=C\c1ccccc1)C(=O)OCc1cccc(S(=O)(=O)N2CCOCC2)c1. The number of rotatable bonds is 7. The number of carbonyl (C=O) groups is 2. The van der Waals surface area contributed by atoms with E-state index in [0.717, 1.165) is 5.56 Å². The number of sulfonamides is 1. The Balaban J connectivity index is 1.72. The second kappa shape index (κ2) is 10.3. The van der Waals surface area contributed by atoms with Crippen LogP contribution < -0.4 is 5.32 Å². The number of hydrogen-bond donors (Lipinski definition) is 1. The summed E-state index contributed by atoms with van der Waals surface area (Å²) in [5.41, 5.74) is 1.24. The molecule has 1 fully saturated rings. The van der Waals surface area contributed by atoms with Gasteiger partial charge in [-0.3, -0.25) is 4.79 Å². The second-order valence-electron chi connectivity index (χ2n) is 6.89. The molecular formula is C22H24N2O6S. The van der Waals surface area contributed by atoms with E-state index in [2.05, 4.69) is 5.32 Å². The van der Waals surface area contributed by atoms with E-state index in [-0.39, 0.29) is 17.2 Å². The first kappa shape index (κ1) is 22.7. The molecule has 1 aliphatic heterocycles. The van der Waals surface area contributed by atoms with E-state index in [0.29, 0.717) is 31.9 Å². The van der Waals surface area contributed by atoms with Crippen LogP contribution >= 0.6 is 0 Å². The maximum Gasteiger partial charge on any atom is 0.355 e. The molecule has 8 nitrogen and oxygen atoms in total. The Bertz CT molecular complexity index is 1060. The normalized spacial score (nSPS) is 15.3.